The Bertz CT molecular complexity index is 450. The second-order valence-corrected chi connectivity index (χ2v) is 5.15. The molecule has 5 heteroatoms. The van der Waals surface area contributed by atoms with E-state index in [1.54, 1.807) is 4.90 Å². The van der Waals surface area contributed by atoms with Gasteiger partial charge in [0.1, 0.15) is 0 Å². The van der Waals surface area contributed by atoms with Gasteiger partial charge < -0.3 is 4.90 Å². The van der Waals surface area contributed by atoms with E-state index in [9.17, 15) is 13.6 Å². The highest BCUT2D eigenvalue weighted by molar-refractivity contribution is 5.82. The fraction of sp³-hybridized carbons (Fsp3) is 0.533. The van der Waals surface area contributed by atoms with Crippen molar-refractivity contribution in [3.63, 3.8) is 0 Å². The van der Waals surface area contributed by atoms with Crippen molar-refractivity contribution >= 4 is 5.91 Å². The van der Waals surface area contributed by atoms with Crippen molar-refractivity contribution in [2.45, 2.75) is 31.7 Å². The number of likely N-dealkylation sites (N-methyl/N-ethyl adjacent to an activating group) is 1. The number of rotatable bonds is 5. The monoisotopic (exact) mass is 282 g/mol. The van der Waals surface area contributed by atoms with E-state index < -0.39 is 24.9 Å². The fourth-order valence-corrected chi connectivity index (χ4v) is 2.44. The number of nitrogens with zero attached hydrogens (tertiary/aromatic N) is 1. The van der Waals surface area contributed by atoms with E-state index in [0.717, 1.165) is 12.0 Å². The van der Waals surface area contributed by atoms with Crippen molar-refractivity contribution in [3.8, 4) is 0 Å². The van der Waals surface area contributed by atoms with Gasteiger partial charge in [0.15, 0.2) is 0 Å². The summed E-state index contributed by atoms with van der Waals surface area (Å²) in [4.78, 5) is 13.9. The van der Waals surface area contributed by atoms with Crippen LogP contribution in [-0.2, 0) is 11.2 Å². The molecule has 1 amide bonds. The Morgan fingerprint density at radius 1 is 1.40 bits per heavy atom. The molecule has 20 heavy (non-hydrogen) atoms. The maximum absolute atomic E-state index is 13.1. The summed E-state index contributed by atoms with van der Waals surface area (Å²) in [5.41, 5.74) is 1.14. The number of amides is 1. The zero-order valence-electron chi connectivity index (χ0n) is 11.6. The molecule has 1 aromatic rings. The first-order valence-corrected chi connectivity index (χ1v) is 6.96. The van der Waals surface area contributed by atoms with E-state index in [1.807, 2.05) is 37.3 Å². The summed E-state index contributed by atoms with van der Waals surface area (Å²) in [7, 11) is 0. The first kappa shape index (κ1) is 14.9. The molecular weight excluding hydrogens is 262 g/mol. The Labute approximate surface area is 118 Å². The molecule has 1 aromatic carbocycles. The SMILES string of the molecule is CCN(CCc1ccccc1)C(=O)C1CC(F)(F)CN1. The maximum Gasteiger partial charge on any atom is 0.262 e. The van der Waals surface area contributed by atoms with Gasteiger partial charge in [0.2, 0.25) is 5.91 Å². The number of alkyl halides is 2. The van der Waals surface area contributed by atoms with Crippen LogP contribution >= 0.6 is 0 Å². The lowest BCUT2D eigenvalue weighted by Crippen LogP contribution is -2.44. The lowest BCUT2D eigenvalue weighted by molar-refractivity contribution is -0.133. The zero-order valence-corrected chi connectivity index (χ0v) is 11.6. The van der Waals surface area contributed by atoms with Gasteiger partial charge in [-0.05, 0) is 18.9 Å². The summed E-state index contributed by atoms with van der Waals surface area (Å²) >= 11 is 0. The fourth-order valence-electron chi connectivity index (χ4n) is 2.44. The predicted octanol–water partition coefficient (Wildman–Crippen LogP) is 2.07. The minimum Gasteiger partial charge on any atom is -0.341 e. The molecule has 0 aromatic heterocycles. The molecule has 1 fully saturated rings. The molecular formula is C15H20F2N2O. The van der Waals surface area contributed by atoms with Crippen molar-refractivity contribution in [2.75, 3.05) is 19.6 Å². The summed E-state index contributed by atoms with van der Waals surface area (Å²) in [5, 5.41) is 2.62. The molecule has 1 saturated heterocycles. The molecule has 110 valence electrons. The molecule has 0 aliphatic carbocycles. The first-order valence-electron chi connectivity index (χ1n) is 6.96. The van der Waals surface area contributed by atoms with Gasteiger partial charge in [0, 0.05) is 19.5 Å². The minimum absolute atomic E-state index is 0.222. The van der Waals surface area contributed by atoms with Gasteiger partial charge >= 0.3 is 0 Å². The first-order chi connectivity index (χ1) is 9.52. The van der Waals surface area contributed by atoms with Crippen LogP contribution in [0.1, 0.15) is 18.9 Å². The van der Waals surface area contributed by atoms with E-state index in [-0.39, 0.29) is 5.91 Å². The second kappa shape index (κ2) is 6.31. The lowest BCUT2D eigenvalue weighted by atomic mass is 10.1. The summed E-state index contributed by atoms with van der Waals surface area (Å²) < 4.78 is 26.3. The Hall–Kier alpha value is -1.49. The van der Waals surface area contributed by atoms with Gasteiger partial charge in [-0.3, -0.25) is 10.1 Å². The molecule has 2 rings (SSSR count). The number of carbonyl (C=O) groups excluding carboxylic acids is 1. The van der Waals surface area contributed by atoms with Crippen molar-refractivity contribution in [1.29, 1.82) is 0 Å². The second-order valence-electron chi connectivity index (χ2n) is 5.15. The highest BCUT2D eigenvalue weighted by Gasteiger charge is 2.43. The summed E-state index contributed by atoms with van der Waals surface area (Å²) in [6.07, 6.45) is 0.344. The molecule has 1 aliphatic heterocycles. The Morgan fingerprint density at radius 3 is 2.65 bits per heavy atom. The molecule has 0 spiro atoms. The van der Waals surface area contributed by atoms with E-state index in [0.29, 0.717) is 13.1 Å². The molecule has 1 aliphatic rings. The predicted molar refractivity (Wildman–Crippen MR) is 73.8 cm³/mol. The Kier molecular flexibility index (Phi) is 4.70. The summed E-state index contributed by atoms with van der Waals surface area (Å²) in [5.74, 6) is -2.99. The third kappa shape index (κ3) is 3.76. The number of nitrogens with one attached hydrogen (secondary N) is 1. The lowest BCUT2D eigenvalue weighted by Gasteiger charge is -2.24. The summed E-state index contributed by atoms with van der Waals surface area (Å²) in [6.45, 7) is 2.56. The Balaban J connectivity index is 1.90. The average Bonchev–Trinajstić information content (AvgIpc) is 2.81. The average molecular weight is 282 g/mol. The molecule has 1 atom stereocenters. The van der Waals surface area contributed by atoms with E-state index in [2.05, 4.69) is 5.32 Å². The van der Waals surface area contributed by atoms with E-state index in [4.69, 9.17) is 0 Å². The van der Waals surface area contributed by atoms with Crippen LogP contribution in [0.3, 0.4) is 0 Å². The molecule has 1 unspecified atom stereocenters. The highest BCUT2D eigenvalue weighted by Crippen LogP contribution is 2.26. The van der Waals surface area contributed by atoms with E-state index in [1.165, 1.54) is 0 Å². The van der Waals surface area contributed by atoms with Gasteiger partial charge in [0.05, 0.1) is 12.6 Å². The van der Waals surface area contributed by atoms with Crippen LogP contribution in [0.15, 0.2) is 30.3 Å². The third-order valence-corrected chi connectivity index (χ3v) is 3.61. The van der Waals surface area contributed by atoms with Gasteiger partial charge in [-0.15, -0.1) is 0 Å². The van der Waals surface area contributed by atoms with Gasteiger partial charge in [-0.2, -0.15) is 0 Å². The molecule has 0 saturated carbocycles. The highest BCUT2D eigenvalue weighted by atomic mass is 19.3. The number of benzene rings is 1. The Morgan fingerprint density at radius 2 is 2.10 bits per heavy atom. The summed E-state index contributed by atoms with van der Waals surface area (Å²) in [6, 6.07) is 9.09. The van der Waals surface area contributed by atoms with Gasteiger partial charge in [-0.1, -0.05) is 30.3 Å². The largest absolute Gasteiger partial charge is 0.341 e. The van der Waals surface area contributed by atoms with Crippen LogP contribution in [0.25, 0.3) is 0 Å². The van der Waals surface area contributed by atoms with E-state index >= 15 is 0 Å². The number of hydrogen-bond donors (Lipinski definition) is 1. The topological polar surface area (TPSA) is 32.3 Å². The normalized spacial score (nSPS) is 20.9. The van der Waals surface area contributed by atoms with Crippen LogP contribution in [0.5, 0.6) is 0 Å². The van der Waals surface area contributed by atoms with Crippen molar-refractivity contribution in [3.05, 3.63) is 35.9 Å². The van der Waals surface area contributed by atoms with Crippen LogP contribution in [0.4, 0.5) is 8.78 Å². The number of carbonyl (C=O) groups is 1. The van der Waals surface area contributed by atoms with Crippen LogP contribution in [-0.4, -0.2) is 42.4 Å². The number of hydrogen-bond acceptors (Lipinski definition) is 2. The van der Waals surface area contributed by atoms with Crippen LogP contribution in [0.2, 0.25) is 0 Å². The molecule has 1 heterocycles. The van der Waals surface area contributed by atoms with Gasteiger partial charge in [-0.25, -0.2) is 8.78 Å². The van der Waals surface area contributed by atoms with Gasteiger partial charge in [0.25, 0.3) is 5.92 Å². The molecule has 0 radical (unpaired) electrons. The van der Waals surface area contributed by atoms with Crippen molar-refractivity contribution in [2.24, 2.45) is 0 Å². The molecule has 3 nitrogen and oxygen atoms in total. The molecule has 1 N–H and O–H groups in total. The van der Waals surface area contributed by atoms with Crippen LogP contribution < -0.4 is 5.32 Å². The van der Waals surface area contributed by atoms with Crippen LogP contribution in [0, 0.1) is 0 Å². The smallest absolute Gasteiger partial charge is 0.262 e. The quantitative estimate of drug-likeness (QED) is 0.896. The minimum atomic E-state index is -2.76. The third-order valence-electron chi connectivity index (χ3n) is 3.61. The van der Waals surface area contributed by atoms with Crippen molar-refractivity contribution in [1.82, 2.24) is 10.2 Å². The van der Waals surface area contributed by atoms with Crippen molar-refractivity contribution < 1.29 is 13.6 Å². The number of halogens is 2. The maximum atomic E-state index is 13.1. The molecule has 0 bridgehead atoms. The standard InChI is InChI=1S/C15H20F2N2O/c1-2-19(9-8-12-6-4-3-5-7-12)14(20)13-10-15(16,17)11-18-13/h3-7,13,18H,2,8-11H2,1H3. The zero-order chi connectivity index (χ0) is 14.6.